The molecule has 1 atom stereocenters. The summed E-state index contributed by atoms with van der Waals surface area (Å²) in [6, 6.07) is 15.6. The third-order valence-electron chi connectivity index (χ3n) is 5.54. The molecule has 0 unspecified atom stereocenters. The Kier molecular flexibility index (Phi) is 6.41. The molecule has 0 aliphatic carbocycles. The Labute approximate surface area is 171 Å². The molecule has 2 aliphatic rings. The van der Waals surface area contributed by atoms with Crippen LogP contribution >= 0.6 is 23.4 Å². The number of hydrogen-bond donors (Lipinski definition) is 0. The van der Waals surface area contributed by atoms with Gasteiger partial charge in [0.05, 0.1) is 6.61 Å². The van der Waals surface area contributed by atoms with Crippen molar-refractivity contribution in [3.8, 4) is 0 Å². The molecule has 2 heterocycles. The minimum absolute atomic E-state index is 0.419. The van der Waals surface area contributed by atoms with Crippen LogP contribution in [0, 0.1) is 0 Å². The fourth-order valence-corrected chi connectivity index (χ4v) is 5.36. The van der Waals surface area contributed by atoms with Crippen molar-refractivity contribution in [1.82, 2.24) is 9.80 Å². The zero-order chi connectivity index (χ0) is 18.6. The average Bonchev–Trinajstić information content (AvgIpc) is 2.85. The third kappa shape index (κ3) is 4.52. The molecule has 4 rings (SSSR count). The number of halogens is 1. The van der Waals surface area contributed by atoms with E-state index in [4.69, 9.17) is 16.3 Å². The fourth-order valence-electron chi connectivity index (χ4n) is 4.06. The van der Waals surface area contributed by atoms with Gasteiger partial charge in [0.25, 0.3) is 0 Å². The molecule has 27 heavy (non-hydrogen) atoms. The van der Waals surface area contributed by atoms with Gasteiger partial charge in [0, 0.05) is 60.2 Å². The largest absolute Gasteiger partial charge is 0.380 e. The Morgan fingerprint density at radius 3 is 2.70 bits per heavy atom. The fraction of sp³-hybridized carbons (Fsp3) is 0.455. The van der Waals surface area contributed by atoms with Crippen molar-refractivity contribution in [3.05, 3.63) is 58.6 Å². The van der Waals surface area contributed by atoms with Crippen molar-refractivity contribution in [1.29, 1.82) is 0 Å². The zero-order valence-corrected chi connectivity index (χ0v) is 17.4. The van der Waals surface area contributed by atoms with Gasteiger partial charge in [0.1, 0.15) is 0 Å². The molecular weight excluding hydrogens is 376 g/mol. The highest BCUT2D eigenvalue weighted by molar-refractivity contribution is 7.99. The van der Waals surface area contributed by atoms with E-state index in [1.807, 2.05) is 17.8 Å². The molecule has 0 N–H and O–H groups in total. The summed E-state index contributed by atoms with van der Waals surface area (Å²) in [5.74, 6) is 0. The summed E-state index contributed by atoms with van der Waals surface area (Å²) in [6.07, 6.45) is 1.03. The van der Waals surface area contributed by atoms with E-state index in [-0.39, 0.29) is 0 Å². The predicted molar refractivity (Wildman–Crippen MR) is 113 cm³/mol. The molecule has 1 fully saturated rings. The summed E-state index contributed by atoms with van der Waals surface area (Å²) in [5, 5.41) is 0.833. The van der Waals surface area contributed by atoms with Crippen LogP contribution in [0.5, 0.6) is 0 Å². The van der Waals surface area contributed by atoms with E-state index in [0.717, 1.165) is 57.4 Å². The monoisotopic (exact) mass is 402 g/mol. The van der Waals surface area contributed by atoms with E-state index in [1.165, 1.54) is 20.9 Å². The molecule has 144 valence electrons. The van der Waals surface area contributed by atoms with Gasteiger partial charge in [-0.25, -0.2) is 0 Å². The molecular formula is C22H27ClN2OS. The van der Waals surface area contributed by atoms with Gasteiger partial charge in [-0.1, -0.05) is 41.6 Å². The maximum atomic E-state index is 6.31. The van der Waals surface area contributed by atoms with Crippen LogP contribution in [0.3, 0.4) is 0 Å². The number of rotatable bonds is 5. The first-order valence-corrected chi connectivity index (χ1v) is 11.0. The summed E-state index contributed by atoms with van der Waals surface area (Å²) >= 11 is 8.19. The van der Waals surface area contributed by atoms with Gasteiger partial charge in [-0.3, -0.25) is 9.80 Å². The number of benzene rings is 2. The maximum absolute atomic E-state index is 6.31. The van der Waals surface area contributed by atoms with Crippen molar-refractivity contribution in [2.24, 2.45) is 0 Å². The molecule has 2 aromatic rings. The topological polar surface area (TPSA) is 15.7 Å². The smallest absolute Gasteiger partial charge is 0.0593 e. The average molecular weight is 403 g/mol. The number of hydrogen-bond acceptors (Lipinski definition) is 4. The summed E-state index contributed by atoms with van der Waals surface area (Å²) in [4.78, 5) is 7.90. The molecule has 1 saturated heterocycles. The van der Waals surface area contributed by atoms with Crippen molar-refractivity contribution in [2.75, 3.05) is 45.9 Å². The summed E-state index contributed by atoms with van der Waals surface area (Å²) < 4.78 is 5.52. The van der Waals surface area contributed by atoms with Crippen molar-refractivity contribution < 1.29 is 4.74 Å². The number of fused-ring (bicyclic) bond motifs is 2. The van der Waals surface area contributed by atoms with Gasteiger partial charge < -0.3 is 4.74 Å². The SMILES string of the molecule is CCOCCN1CCN([C@@H]2Cc3cc(Cl)ccc3Sc3ccccc32)CC1. The van der Waals surface area contributed by atoms with Gasteiger partial charge in [-0.05, 0) is 48.7 Å². The first-order valence-electron chi connectivity index (χ1n) is 9.84. The second kappa shape index (κ2) is 8.97. The molecule has 0 amide bonds. The standard InChI is InChI=1S/C22H27ClN2OS/c1-2-26-14-13-24-9-11-25(12-10-24)20-16-17-15-18(23)7-8-21(17)27-22-6-4-3-5-19(20)22/h3-8,15,20H,2,9-14,16H2,1H3/t20-/m1/s1. The first kappa shape index (κ1) is 19.3. The van der Waals surface area contributed by atoms with E-state index >= 15 is 0 Å². The van der Waals surface area contributed by atoms with Crippen molar-refractivity contribution >= 4 is 23.4 Å². The van der Waals surface area contributed by atoms with E-state index < -0.39 is 0 Å². The molecule has 5 heteroatoms. The van der Waals surface area contributed by atoms with Gasteiger partial charge in [-0.15, -0.1) is 0 Å². The number of nitrogens with zero attached hydrogens (tertiary/aromatic N) is 2. The molecule has 0 aromatic heterocycles. The lowest BCUT2D eigenvalue weighted by Gasteiger charge is -2.39. The maximum Gasteiger partial charge on any atom is 0.0593 e. The van der Waals surface area contributed by atoms with Crippen LogP contribution in [0.2, 0.25) is 5.02 Å². The summed E-state index contributed by atoms with van der Waals surface area (Å²) in [7, 11) is 0. The highest BCUT2D eigenvalue weighted by Gasteiger charge is 2.29. The van der Waals surface area contributed by atoms with Gasteiger partial charge in [0.2, 0.25) is 0 Å². The van der Waals surface area contributed by atoms with Crippen LogP contribution in [0.1, 0.15) is 24.1 Å². The van der Waals surface area contributed by atoms with Gasteiger partial charge in [-0.2, -0.15) is 0 Å². The minimum Gasteiger partial charge on any atom is -0.380 e. The lowest BCUT2D eigenvalue weighted by molar-refractivity contribution is 0.0635. The van der Waals surface area contributed by atoms with E-state index in [1.54, 1.807) is 0 Å². The normalized spacial score (nSPS) is 20.7. The van der Waals surface area contributed by atoms with Gasteiger partial charge >= 0.3 is 0 Å². The molecule has 2 aliphatic heterocycles. The van der Waals surface area contributed by atoms with Crippen LogP contribution in [0.15, 0.2) is 52.3 Å². The molecule has 0 bridgehead atoms. The summed E-state index contributed by atoms with van der Waals surface area (Å²) in [5.41, 5.74) is 2.82. The van der Waals surface area contributed by atoms with Crippen molar-refractivity contribution in [2.45, 2.75) is 29.2 Å². The zero-order valence-electron chi connectivity index (χ0n) is 15.9. The van der Waals surface area contributed by atoms with Crippen molar-refractivity contribution in [3.63, 3.8) is 0 Å². The highest BCUT2D eigenvalue weighted by atomic mass is 35.5. The van der Waals surface area contributed by atoms with E-state index in [0.29, 0.717) is 6.04 Å². The highest BCUT2D eigenvalue weighted by Crippen LogP contribution is 2.43. The Balaban J connectivity index is 1.53. The molecule has 0 spiro atoms. The van der Waals surface area contributed by atoms with Crippen LogP contribution in [-0.4, -0.2) is 55.7 Å². The van der Waals surface area contributed by atoms with Crippen LogP contribution in [0.4, 0.5) is 0 Å². The predicted octanol–water partition coefficient (Wildman–Crippen LogP) is 4.74. The Hall–Kier alpha value is -1.04. The second-order valence-electron chi connectivity index (χ2n) is 7.19. The second-order valence-corrected chi connectivity index (χ2v) is 8.71. The van der Waals surface area contributed by atoms with Crippen LogP contribution in [0.25, 0.3) is 0 Å². The lowest BCUT2D eigenvalue weighted by atomic mass is 9.96. The first-order chi connectivity index (χ1) is 13.2. The molecule has 3 nitrogen and oxygen atoms in total. The number of piperazine rings is 1. The Morgan fingerprint density at radius 2 is 1.89 bits per heavy atom. The Bertz CT molecular complexity index is 777. The molecule has 2 aromatic carbocycles. The molecule has 0 saturated carbocycles. The van der Waals surface area contributed by atoms with Crippen LogP contribution < -0.4 is 0 Å². The van der Waals surface area contributed by atoms with Crippen LogP contribution in [-0.2, 0) is 11.2 Å². The number of ether oxygens (including phenoxy) is 1. The minimum atomic E-state index is 0.419. The lowest BCUT2D eigenvalue weighted by Crippen LogP contribution is -2.48. The summed E-state index contributed by atoms with van der Waals surface area (Å²) in [6.45, 7) is 9.17. The van der Waals surface area contributed by atoms with E-state index in [2.05, 4.69) is 53.1 Å². The molecule has 0 radical (unpaired) electrons. The Morgan fingerprint density at radius 1 is 1.07 bits per heavy atom. The van der Waals surface area contributed by atoms with E-state index in [9.17, 15) is 0 Å². The third-order valence-corrected chi connectivity index (χ3v) is 6.98. The van der Waals surface area contributed by atoms with Gasteiger partial charge in [0.15, 0.2) is 0 Å². The quantitative estimate of drug-likeness (QED) is 0.671.